The first-order valence-corrected chi connectivity index (χ1v) is 8.51. The molecule has 0 aliphatic carbocycles. The van der Waals surface area contributed by atoms with E-state index in [0.29, 0.717) is 5.82 Å². The minimum absolute atomic E-state index is 0.442. The minimum atomic E-state index is -0.521. The van der Waals surface area contributed by atoms with Gasteiger partial charge in [0.1, 0.15) is 11.4 Å². The van der Waals surface area contributed by atoms with Crippen molar-refractivity contribution in [3.8, 4) is 11.2 Å². The zero-order valence-corrected chi connectivity index (χ0v) is 13.3. The summed E-state index contributed by atoms with van der Waals surface area (Å²) in [6.45, 7) is 5.42. The molecule has 0 saturated carbocycles. The number of amides is 1. The first-order valence-electron chi connectivity index (χ1n) is 5.15. The van der Waals surface area contributed by atoms with Gasteiger partial charge in [-0.2, -0.15) is 0 Å². The number of halogens is 1. The SMILES string of the molecule is CC(C)(C)OC(=O)Nc1ccc(C#CSI)cn1. The molecule has 1 N–H and O–H groups in total. The van der Waals surface area contributed by atoms with Crippen molar-refractivity contribution in [1.29, 1.82) is 0 Å². The third kappa shape index (κ3) is 6.12. The van der Waals surface area contributed by atoms with E-state index in [1.165, 1.54) is 8.93 Å². The number of hydrogen-bond acceptors (Lipinski definition) is 4. The zero-order chi connectivity index (χ0) is 13.6. The number of pyridine rings is 1. The van der Waals surface area contributed by atoms with Crippen molar-refractivity contribution in [2.45, 2.75) is 26.4 Å². The molecule has 0 aromatic carbocycles. The number of nitrogens with one attached hydrogen (secondary N) is 1. The lowest BCUT2D eigenvalue weighted by Crippen LogP contribution is -2.27. The Labute approximate surface area is 123 Å². The molecule has 0 aliphatic heterocycles. The van der Waals surface area contributed by atoms with Crippen LogP contribution in [0.5, 0.6) is 0 Å². The lowest BCUT2D eigenvalue weighted by Gasteiger charge is -2.19. The van der Waals surface area contributed by atoms with Crippen LogP contribution in [-0.2, 0) is 4.74 Å². The molecule has 1 amide bonds. The second-order valence-electron chi connectivity index (χ2n) is 4.36. The molecule has 0 spiro atoms. The Hall–Kier alpha value is -0.940. The summed E-state index contributed by atoms with van der Waals surface area (Å²) in [5, 5.41) is 5.41. The third-order valence-electron chi connectivity index (χ3n) is 1.63. The molecule has 96 valence electrons. The second-order valence-corrected chi connectivity index (χ2v) is 6.04. The molecule has 0 bridgehead atoms. The van der Waals surface area contributed by atoms with Crippen LogP contribution >= 0.6 is 30.1 Å². The Kier molecular flexibility index (Phi) is 5.75. The highest BCUT2D eigenvalue weighted by atomic mass is 127. The average molecular weight is 376 g/mol. The molecule has 0 radical (unpaired) electrons. The number of carbonyl (C=O) groups excluding carboxylic acids is 1. The Balaban J connectivity index is 2.61. The zero-order valence-electron chi connectivity index (χ0n) is 10.3. The van der Waals surface area contributed by atoms with Crippen molar-refractivity contribution in [2.24, 2.45) is 0 Å². The van der Waals surface area contributed by atoms with Crippen LogP contribution in [0.3, 0.4) is 0 Å². The summed E-state index contributed by atoms with van der Waals surface area (Å²) in [5.41, 5.74) is 0.279. The van der Waals surface area contributed by atoms with Gasteiger partial charge in [-0.3, -0.25) is 5.32 Å². The average Bonchev–Trinajstić information content (AvgIpc) is 2.25. The molecule has 4 nitrogen and oxygen atoms in total. The number of nitrogens with zero attached hydrogens (tertiary/aromatic N) is 1. The fourth-order valence-electron chi connectivity index (χ4n) is 1.03. The van der Waals surface area contributed by atoms with Crippen LogP contribution in [0.2, 0.25) is 0 Å². The summed E-state index contributed by atoms with van der Waals surface area (Å²) in [6, 6.07) is 3.48. The molecule has 6 heteroatoms. The second kappa shape index (κ2) is 6.85. The Morgan fingerprint density at radius 2 is 2.22 bits per heavy atom. The Bertz CT molecular complexity index is 472. The summed E-state index contributed by atoms with van der Waals surface area (Å²) in [4.78, 5) is 15.6. The molecule has 1 heterocycles. The quantitative estimate of drug-likeness (QED) is 0.598. The Morgan fingerprint density at radius 3 is 2.72 bits per heavy atom. The minimum Gasteiger partial charge on any atom is -0.444 e. The van der Waals surface area contributed by atoms with E-state index in [0.717, 1.165) is 5.56 Å². The predicted molar refractivity (Wildman–Crippen MR) is 82.6 cm³/mol. The highest BCUT2D eigenvalue weighted by molar-refractivity contribution is 14.2. The van der Waals surface area contributed by atoms with Crippen LogP contribution in [0.1, 0.15) is 26.3 Å². The lowest BCUT2D eigenvalue weighted by atomic mass is 10.2. The van der Waals surface area contributed by atoms with Gasteiger partial charge in [-0.05, 0) is 47.1 Å². The lowest BCUT2D eigenvalue weighted by molar-refractivity contribution is 0.0635. The van der Waals surface area contributed by atoms with Gasteiger partial charge in [-0.25, -0.2) is 9.78 Å². The normalized spacial score (nSPS) is 10.2. The van der Waals surface area contributed by atoms with Crippen molar-refractivity contribution in [2.75, 3.05) is 5.32 Å². The maximum atomic E-state index is 11.5. The van der Waals surface area contributed by atoms with E-state index in [9.17, 15) is 4.79 Å². The molecular formula is C12H13IN2O2S. The van der Waals surface area contributed by atoms with Crippen LogP contribution in [0, 0.1) is 11.2 Å². The third-order valence-corrected chi connectivity index (χ3v) is 2.47. The van der Waals surface area contributed by atoms with E-state index in [-0.39, 0.29) is 0 Å². The molecule has 18 heavy (non-hydrogen) atoms. The van der Waals surface area contributed by atoms with Crippen LogP contribution in [0.15, 0.2) is 18.3 Å². The monoisotopic (exact) mass is 376 g/mol. The standard InChI is InChI=1S/C12H13IN2O2S/c1-12(2,3)17-11(16)15-10-5-4-9(8-14-10)6-7-18-13/h4-5,8H,1-3H3,(H,14,15,16). The van der Waals surface area contributed by atoms with E-state index in [2.05, 4.69) is 42.7 Å². The van der Waals surface area contributed by atoms with Gasteiger partial charge < -0.3 is 4.74 Å². The molecule has 1 rings (SSSR count). The molecule has 1 aromatic heterocycles. The molecular weight excluding hydrogens is 363 g/mol. The van der Waals surface area contributed by atoms with Gasteiger partial charge in [-0.1, -0.05) is 5.92 Å². The van der Waals surface area contributed by atoms with Crippen LogP contribution in [0.4, 0.5) is 10.6 Å². The number of ether oxygens (including phenoxy) is 1. The number of hydrogen-bond donors (Lipinski definition) is 1. The Morgan fingerprint density at radius 1 is 1.50 bits per heavy atom. The van der Waals surface area contributed by atoms with Crippen molar-refractivity contribution in [3.63, 3.8) is 0 Å². The van der Waals surface area contributed by atoms with Gasteiger partial charge in [0.2, 0.25) is 0 Å². The van der Waals surface area contributed by atoms with Crippen LogP contribution < -0.4 is 5.32 Å². The number of aromatic nitrogens is 1. The largest absolute Gasteiger partial charge is 0.444 e. The maximum Gasteiger partial charge on any atom is 0.413 e. The van der Waals surface area contributed by atoms with Gasteiger partial charge >= 0.3 is 6.09 Å². The highest BCUT2D eigenvalue weighted by Crippen LogP contribution is 2.11. The van der Waals surface area contributed by atoms with Gasteiger partial charge in [0.25, 0.3) is 0 Å². The molecule has 0 saturated heterocycles. The summed E-state index contributed by atoms with van der Waals surface area (Å²) in [7, 11) is 1.41. The van der Waals surface area contributed by atoms with Gasteiger partial charge in [-0.15, -0.1) is 0 Å². The van der Waals surface area contributed by atoms with Crippen molar-refractivity contribution >= 4 is 42.0 Å². The van der Waals surface area contributed by atoms with Crippen molar-refractivity contribution in [1.82, 2.24) is 4.98 Å². The van der Waals surface area contributed by atoms with Crippen molar-refractivity contribution < 1.29 is 9.53 Å². The number of carbonyl (C=O) groups is 1. The fraction of sp³-hybridized carbons (Fsp3) is 0.333. The molecule has 0 aliphatic rings. The highest BCUT2D eigenvalue weighted by Gasteiger charge is 2.16. The molecule has 0 unspecified atom stereocenters. The summed E-state index contributed by atoms with van der Waals surface area (Å²) in [6.07, 6.45) is 1.09. The maximum absolute atomic E-state index is 11.5. The van der Waals surface area contributed by atoms with E-state index in [4.69, 9.17) is 4.74 Å². The van der Waals surface area contributed by atoms with Gasteiger partial charge in [0, 0.05) is 33.0 Å². The van der Waals surface area contributed by atoms with Gasteiger partial charge in [0.15, 0.2) is 0 Å². The number of rotatable bonds is 1. The van der Waals surface area contributed by atoms with Crippen molar-refractivity contribution in [3.05, 3.63) is 23.9 Å². The van der Waals surface area contributed by atoms with E-state index < -0.39 is 11.7 Å². The van der Waals surface area contributed by atoms with E-state index in [1.807, 2.05) is 0 Å². The molecule has 0 atom stereocenters. The summed E-state index contributed by atoms with van der Waals surface area (Å²) >= 11 is 2.10. The molecule has 0 fully saturated rings. The van der Waals surface area contributed by atoms with E-state index >= 15 is 0 Å². The first kappa shape index (κ1) is 15.1. The van der Waals surface area contributed by atoms with Crippen LogP contribution in [-0.4, -0.2) is 16.7 Å². The smallest absolute Gasteiger partial charge is 0.413 e. The van der Waals surface area contributed by atoms with Gasteiger partial charge in [0.05, 0.1) is 0 Å². The molecule has 1 aromatic rings. The first-order chi connectivity index (χ1) is 8.40. The van der Waals surface area contributed by atoms with E-state index in [1.54, 1.807) is 39.1 Å². The summed E-state index contributed by atoms with van der Waals surface area (Å²) < 4.78 is 5.11. The summed E-state index contributed by atoms with van der Waals surface area (Å²) in [5.74, 6) is 3.35. The predicted octanol–water partition coefficient (Wildman–Crippen LogP) is 3.82. The van der Waals surface area contributed by atoms with Crippen LogP contribution in [0.25, 0.3) is 0 Å². The number of anilines is 1. The fourth-order valence-corrected chi connectivity index (χ4v) is 1.51. The topological polar surface area (TPSA) is 51.2 Å².